The summed E-state index contributed by atoms with van der Waals surface area (Å²) in [6, 6.07) is 3.93. The van der Waals surface area contributed by atoms with Gasteiger partial charge in [0.1, 0.15) is 0 Å². The van der Waals surface area contributed by atoms with Crippen molar-refractivity contribution in [2.75, 3.05) is 20.8 Å². The zero-order valence-corrected chi connectivity index (χ0v) is 16.5. The van der Waals surface area contributed by atoms with Crippen LogP contribution in [0, 0.1) is 0 Å². The smallest absolute Gasteiger partial charge is 0.254 e. The Morgan fingerprint density at radius 2 is 1.83 bits per heavy atom. The van der Waals surface area contributed by atoms with E-state index >= 15 is 0 Å². The molecule has 1 aliphatic rings. The third-order valence-corrected chi connectivity index (χ3v) is 5.30. The Morgan fingerprint density at radius 1 is 1.21 bits per heavy atom. The number of halogens is 1. The van der Waals surface area contributed by atoms with Crippen LogP contribution in [-0.2, 0) is 0 Å². The van der Waals surface area contributed by atoms with Crippen molar-refractivity contribution in [1.82, 2.24) is 4.90 Å². The Morgan fingerprint density at radius 3 is 2.42 bits per heavy atom. The summed E-state index contributed by atoms with van der Waals surface area (Å²) >= 11 is 3.50. The summed E-state index contributed by atoms with van der Waals surface area (Å²) in [7, 11) is 3.52. The number of methoxy groups -OCH3 is 1. The minimum absolute atomic E-state index is 0.0441. The maximum atomic E-state index is 12.9. The molecule has 1 aromatic rings. The van der Waals surface area contributed by atoms with Crippen LogP contribution in [0.25, 0.3) is 0 Å². The first kappa shape index (κ1) is 19.1. The van der Waals surface area contributed by atoms with Crippen molar-refractivity contribution in [1.29, 1.82) is 0 Å². The van der Waals surface area contributed by atoms with Gasteiger partial charge in [0, 0.05) is 18.7 Å². The Hall–Kier alpha value is -1.23. The molecule has 0 bridgehead atoms. The summed E-state index contributed by atoms with van der Waals surface area (Å²) in [5.41, 5.74) is 0.631. The number of rotatable bonds is 5. The van der Waals surface area contributed by atoms with Gasteiger partial charge in [-0.2, -0.15) is 0 Å². The summed E-state index contributed by atoms with van der Waals surface area (Å²) < 4.78 is 11.8. The number of carbonyl (C=O) groups excluding carboxylic acids is 1. The lowest BCUT2D eigenvalue weighted by Crippen LogP contribution is -2.37. The first-order valence-electron chi connectivity index (χ1n) is 8.86. The average molecular weight is 398 g/mol. The second kappa shape index (κ2) is 9.30. The third-order valence-electron chi connectivity index (χ3n) is 4.71. The molecule has 1 saturated carbocycles. The molecule has 0 heterocycles. The standard InChI is InChI=1S/C19H28BrNO3/c1-4-24-18-16(20)12-14(13-17(18)23-3)19(22)21(2)15-10-8-6-5-7-9-11-15/h12-13,15H,4-11H2,1-3H3. The minimum Gasteiger partial charge on any atom is -0.493 e. The van der Waals surface area contributed by atoms with Crippen molar-refractivity contribution in [3.05, 3.63) is 22.2 Å². The molecule has 1 aromatic carbocycles. The van der Waals surface area contributed by atoms with Crippen LogP contribution < -0.4 is 9.47 Å². The first-order chi connectivity index (χ1) is 11.6. The quantitative estimate of drug-likeness (QED) is 0.698. The van der Waals surface area contributed by atoms with Gasteiger partial charge in [-0.25, -0.2) is 0 Å². The summed E-state index contributed by atoms with van der Waals surface area (Å²) in [6.07, 6.45) is 8.49. The Balaban J connectivity index is 2.19. The van der Waals surface area contributed by atoms with Crippen molar-refractivity contribution in [2.24, 2.45) is 0 Å². The number of ether oxygens (including phenoxy) is 2. The molecular formula is C19H28BrNO3. The monoisotopic (exact) mass is 397 g/mol. The second-order valence-electron chi connectivity index (χ2n) is 6.34. The molecule has 1 aliphatic carbocycles. The third kappa shape index (κ3) is 4.65. The predicted molar refractivity (Wildman–Crippen MR) is 100 cm³/mol. The minimum atomic E-state index is 0.0441. The van der Waals surface area contributed by atoms with Gasteiger partial charge in [0.15, 0.2) is 11.5 Å². The van der Waals surface area contributed by atoms with E-state index in [1.54, 1.807) is 13.2 Å². The maximum absolute atomic E-state index is 12.9. The largest absolute Gasteiger partial charge is 0.493 e. The predicted octanol–water partition coefficient (Wildman–Crippen LogP) is 5.04. The Labute approximate surface area is 153 Å². The summed E-state index contributed by atoms with van der Waals surface area (Å²) in [4.78, 5) is 14.8. The maximum Gasteiger partial charge on any atom is 0.254 e. The van der Waals surface area contributed by atoms with E-state index in [1.165, 1.54) is 32.1 Å². The number of amides is 1. The van der Waals surface area contributed by atoms with E-state index in [2.05, 4.69) is 15.9 Å². The van der Waals surface area contributed by atoms with Crippen LogP contribution in [0.3, 0.4) is 0 Å². The van der Waals surface area contributed by atoms with Gasteiger partial charge in [0.2, 0.25) is 0 Å². The van der Waals surface area contributed by atoms with Crippen LogP contribution in [0.5, 0.6) is 11.5 Å². The van der Waals surface area contributed by atoms with Gasteiger partial charge in [-0.3, -0.25) is 4.79 Å². The Kier molecular flexibility index (Phi) is 7.40. The topological polar surface area (TPSA) is 38.8 Å². The van der Waals surface area contributed by atoms with Crippen molar-refractivity contribution < 1.29 is 14.3 Å². The zero-order chi connectivity index (χ0) is 17.5. The molecule has 0 radical (unpaired) electrons. The molecule has 0 saturated heterocycles. The molecule has 0 aliphatic heterocycles. The lowest BCUT2D eigenvalue weighted by atomic mass is 9.95. The lowest BCUT2D eigenvalue weighted by Gasteiger charge is -2.30. The number of nitrogens with zero attached hydrogens (tertiary/aromatic N) is 1. The van der Waals surface area contributed by atoms with Gasteiger partial charge < -0.3 is 14.4 Å². The van der Waals surface area contributed by atoms with E-state index in [-0.39, 0.29) is 5.91 Å². The van der Waals surface area contributed by atoms with E-state index in [1.807, 2.05) is 24.9 Å². The average Bonchev–Trinajstić information content (AvgIpc) is 2.55. The highest BCUT2D eigenvalue weighted by molar-refractivity contribution is 9.10. The van der Waals surface area contributed by atoms with Crippen LogP contribution in [0.1, 0.15) is 62.2 Å². The van der Waals surface area contributed by atoms with E-state index in [0.717, 1.165) is 17.3 Å². The van der Waals surface area contributed by atoms with Crippen molar-refractivity contribution in [2.45, 2.75) is 57.9 Å². The fourth-order valence-corrected chi connectivity index (χ4v) is 3.88. The highest BCUT2D eigenvalue weighted by Crippen LogP contribution is 2.37. The molecule has 2 rings (SSSR count). The fourth-order valence-electron chi connectivity index (χ4n) is 3.32. The molecule has 1 fully saturated rings. The van der Waals surface area contributed by atoms with Crippen LogP contribution >= 0.6 is 15.9 Å². The van der Waals surface area contributed by atoms with Crippen molar-refractivity contribution in [3.8, 4) is 11.5 Å². The molecular weight excluding hydrogens is 370 g/mol. The molecule has 24 heavy (non-hydrogen) atoms. The first-order valence-corrected chi connectivity index (χ1v) is 9.65. The van der Waals surface area contributed by atoms with E-state index in [4.69, 9.17) is 9.47 Å². The van der Waals surface area contributed by atoms with Gasteiger partial charge >= 0.3 is 0 Å². The second-order valence-corrected chi connectivity index (χ2v) is 7.19. The molecule has 5 heteroatoms. The van der Waals surface area contributed by atoms with E-state index < -0.39 is 0 Å². The fraction of sp³-hybridized carbons (Fsp3) is 0.632. The molecule has 4 nitrogen and oxygen atoms in total. The molecule has 0 atom stereocenters. The Bertz CT molecular complexity index is 554. The van der Waals surface area contributed by atoms with E-state index in [0.29, 0.717) is 29.7 Å². The van der Waals surface area contributed by atoms with Gasteiger partial charge in [0.05, 0.1) is 18.2 Å². The highest BCUT2D eigenvalue weighted by atomic mass is 79.9. The molecule has 0 unspecified atom stereocenters. The number of benzene rings is 1. The zero-order valence-electron chi connectivity index (χ0n) is 14.9. The number of hydrogen-bond acceptors (Lipinski definition) is 3. The van der Waals surface area contributed by atoms with Crippen LogP contribution in [0.4, 0.5) is 0 Å². The number of carbonyl (C=O) groups is 1. The van der Waals surface area contributed by atoms with Crippen molar-refractivity contribution >= 4 is 21.8 Å². The van der Waals surface area contributed by atoms with Gasteiger partial charge in [-0.05, 0) is 47.8 Å². The summed E-state index contributed by atoms with van der Waals surface area (Å²) in [5.74, 6) is 1.27. The molecule has 1 amide bonds. The van der Waals surface area contributed by atoms with E-state index in [9.17, 15) is 4.79 Å². The molecule has 0 N–H and O–H groups in total. The van der Waals surface area contributed by atoms with Crippen LogP contribution in [-0.4, -0.2) is 37.6 Å². The van der Waals surface area contributed by atoms with Gasteiger partial charge in [-0.1, -0.05) is 32.1 Å². The van der Waals surface area contributed by atoms with Crippen LogP contribution in [0.2, 0.25) is 0 Å². The summed E-state index contributed by atoms with van der Waals surface area (Å²) in [5, 5.41) is 0. The van der Waals surface area contributed by atoms with Crippen molar-refractivity contribution in [3.63, 3.8) is 0 Å². The van der Waals surface area contributed by atoms with Gasteiger partial charge in [0.25, 0.3) is 5.91 Å². The molecule has 0 aromatic heterocycles. The lowest BCUT2D eigenvalue weighted by molar-refractivity contribution is 0.0706. The molecule has 134 valence electrons. The normalized spacial score (nSPS) is 16.2. The SMILES string of the molecule is CCOc1c(Br)cc(C(=O)N(C)C2CCCCCCC2)cc1OC. The molecule has 0 spiro atoms. The highest BCUT2D eigenvalue weighted by Gasteiger charge is 2.23. The number of hydrogen-bond donors (Lipinski definition) is 0. The van der Waals surface area contributed by atoms with Crippen LogP contribution in [0.15, 0.2) is 16.6 Å². The summed E-state index contributed by atoms with van der Waals surface area (Å²) in [6.45, 7) is 2.47. The van der Waals surface area contributed by atoms with Gasteiger partial charge in [-0.15, -0.1) is 0 Å².